The topological polar surface area (TPSA) is 68.2 Å². The molecule has 3 atom stereocenters. The molecule has 2 heterocycles. The maximum atomic E-state index is 13.5. The van der Waals surface area contributed by atoms with Crippen molar-refractivity contribution >= 4 is 33.8 Å². The Morgan fingerprint density at radius 1 is 1.21 bits per heavy atom. The molecule has 0 unspecified atom stereocenters. The van der Waals surface area contributed by atoms with E-state index < -0.39 is 22.1 Å². The highest BCUT2D eigenvalue weighted by atomic mass is 35.5. The fraction of sp³-hybridized carbons (Fsp3) is 0.516. The molecule has 2 aliphatic heterocycles. The van der Waals surface area contributed by atoms with Gasteiger partial charge in [0.25, 0.3) is 5.91 Å². The van der Waals surface area contributed by atoms with E-state index in [2.05, 4.69) is 41.3 Å². The Bertz CT molecular complexity index is 1290. The first-order valence-electron chi connectivity index (χ1n) is 14.0. The van der Waals surface area contributed by atoms with Crippen LogP contribution in [0.2, 0.25) is 5.02 Å². The number of amides is 1. The number of allylic oxidation sites excluding steroid dienone is 1. The summed E-state index contributed by atoms with van der Waals surface area (Å²) in [6.45, 7) is 8.44. The molecule has 0 N–H and O–H groups in total. The standard InChI is InChI=1S/C31H40ClN2O4S/c1-5-34-18-16-23(3)31(37-4)17-9-10-22(2)21-39(36)33-30(35)26-14-15-27(29(34)28(26)31)38-19-7-6-11-24-12-8-13-25(32)20-24/h8-9,12-15,17,20,22-23H,5-7,10-11,16,18-19,21H2,1-4H3/q-1/b17-9+/t22-,23+,31+/m0/s1. The maximum Gasteiger partial charge on any atom is 0.254 e. The summed E-state index contributed by atoms with van der Waals surface area (Å²) in [6.07, 6.45) is 8.64. The van der Waals surface area contributed by atoms with Crippen LogP contribution in [0.25, 0.3) is 0 Å². The van der Waals surface area contributed by atoms with Gasteiger partial charge in [-0.1, -0.05) is 61.4 Å². The van der Waals surface area contributed by atoms with Gasteiger partial charge in [0.2, 0.25) is 0 Å². The van der Waals surface area contributed by atoms with E-state index in [0.717, 1.165) is 67.2 Å². The summed E-state index contributed by atoms with van der Waals surface area (Å²) < 4.78 is 29.6. The third kappa shape index (κ3) is 6.69. The van der Waals surface area contributed by atoms with Crippen molar-refractivity contribution in [3.8, 4) is 5.75 Å². The lowest BCUT2D eigenvalue weighted by Gasteiger charge is -2.37. The zero-order valence-corrected chi connectivity index (χ0v) is 25.0. The summed E-state index contributed by atoms with van der Waals surface area (Å²) in [5.41, 5.74) is 2.46. The van der Waals surface area contributed by atoms with Crippen molar-refractivity contribution in [2.75, 3.05) is 37.5 Å². The van der Waals surface area contributed by atoms with Crippen LogP contribution in [0.4, 0.5) is 5.69 Å². The molecule has 212 valence electrons. The second-order valence-corrected chi connectivity index (χ2v) is 12.3. The van der Waals surface area contributed by atoms with E-state index in [4.69, 9.17) is 21.1 Å². The van der Waals surface area contributed by atoms with E-state index in [-0.39, 0.29) is 11.8 Å². The van der Waals surface area contributed by atoms with Crippen LogP contribution < -0.4 is 9.64 Å². The average molecular weight is 572 g/mol. The van der Waals surface area contributed by atoms with Crippen LogP contribution in [0.5, 0.6) is 5.75 Å². The van der Waals surface area contributed by atoms with Crippen LogP contribution >= 0.6 is 11.6 Å². The number of unbranched alkanes of at least 4 members (excludes halogenated alkanes) is 1. The Labute approximate surface area is 239 Å². The largest absolute Gasteiger partial charge is 0.491 e. The van der Waals surface area contributed by atoms with Gasteiger partial charge in [-0.25, -0.2) is 0 Å². The SMILES string of the molecule is CCN1CC[C@@H](C)[C@]2(OC)/C=C/C[C@H](C)C[S-](=O)=NC(=O)c3ccc(OCCCCc4cccc(Cl)c4)c1c32. The highest BCUT2D eigenvalue weighted by Crippen LogP contribution is 2.50. The van der Waals surface area contributed by atoms with E-state index in [1.165, 1.54) is 5.56 Å². The molecule has 0 radical (unpaired) electrons. The fourth-order valence-corrected chi connectivity index (χ4v) is 6.90. The van der Waals surface area contributed by atoms with Crippen LogP contribution in [-0.4, -0.2) is 38.5 Å². The second-order valence-electron chi connectivity index (χ2n) is 10.7. The molecule has 0 aliphatic carbocycles. The highest BCUT2D eigenvalue weighted by molar-refractivity contribution is 7.75. The Morgan fingerprint density at radius 2 is 2.03 bits per heavy atom. The zero-order chi connectivity index (χ0) is 28.0. The lowest BCUT2D eigenvalue weighted by atomic mass is 9.77. The molecule has 0 aromatic heterocycles. The highest BCUT2D eigenvalue weighted by Gasteiger charge is 2.44. The summed E-state index contributed by atoms with van der Waals surface area (Å²) in [5, 5.41) is 0.756. The first-order chi connectivity index (χ1) is 18.8. The van der Waals surface area contributed by atoms with Crippen molar-refractivity contribution in [1.29, 1.82) is 0 Å². The van der Waals surface area contributed by atoms with Crippen molar-refractivity contribution in [3.63, 3.8) is 0 Å². The maximum absolute atomic E-state index is 13.5. The van der Waals surface area contributed by atoms with Crippen LogP contribution in [0, 0.1) is 11.8 Å². The van der Waals surface area contributed by atoms with Crippen molar-refractivity contribution < 1.29 is 18.5 Å². The minimum absolute atomic E-state index is 0.0927. The van der Waals surface area contributed by atoms with Gasteiger partial charge in [-0.3, -0.25) is 4.79 Å². The molecule has 2 aromatic carbocycles. The molecule has 8 heteroatoms. The first kappa shape index (κ1) is 29.6. The number of anilines is 1. The number of benzene rings is 2. The molecular weight excluding hydrogens is 532 g/mol. The van der Waals surface area contributed by atoms with Crippen molar-refractivity contribution in [1.82, 2.24) is 0 Å². The van der Waals surface area contributed by atoms with E-state index in [1.807, 2.05) is 31.2 Å². The second kappa shape index (κ2) is 13.3. The van der Waals surface area contributed by atoms with Gasteiger partial charge in [-0.05, 0) is 74.8 Å². The summed E-state index contributed by atoms with van der Waals surface area (Å²) >= 11 is 6.13. The number of rotatable bonds is 8. The molecule has 0 saturated carbocycles. The van der Waals surface area contributed by atoms with Gasteiger partial charge >= 0.3 is 0 Å². The average Bonchev–Trinajstić information content (AvgIpc) is 3.03. The van der Waals surface area contributed by atoms with Gasteiger partial charge < -0.3 is 22.9 Å². The fourth-order valence-electron chi connectivity index (χ4n) is 5.71. The monoisotopic (exact) mass is 571 g/mol. The zero-order valence-electron chi connectivity index (χ0n) is 23.5. The molecule has 0 saturated heterocycles. The van der Waals surface area contributed by atoms with Gasteiger partial charge in [0.15, 0.2) is 0 Å². The van der Waals surface area contributed by atoms with E-state index in [1.54, 1.807) is 13.2 Å². The number of aryl methyl sites for hydroxylation is 1. The quantitative estimate of drug-likeness (QED) is 0.188. The first-order valence-corrected chi connectivity index (χ1v) is 15.6. The predicted octanol–water partition coefficient (Wildman–Crippen LogP) is 7.33. The number of carbonyl (C=O) groups excluding carboxylic acids is 1. The van der Waals surface area contributed by atoms with E-state index in [0.29, 0.717) is 17.9 Å². The van der Waals surface area contributed by atoms with Crippen LogP contribution in [0.1, 0.15) is 67.9 Å². The molecule has 6 nitrogen and oxygen atoms in total. The molecule has 1 amide bonds. The molecular formula is C31H40ClN2O4S-. The molecule has 2 aliphatic rings. The number of hydrogen-bond acceptors (Lipinski definition) is 6. The predicted molar refractivity (Wildman–Crippen MR) is 159 cm³/mol. The molecule has 0 fully saturated rings. The Kier molecular flexibility index (Phi) is 10.1. The molecule has 2 aromatic rings. The summed E-state index contributed by atoms with van der Waals surface area (Å²) in [4.78, 5) is 15.8. The summed E-state index contributed by atoms with van der Waals surface area (Å²) in [5.74, 6) is 0.846. The van der Waals surface area contributed by atoms with Crippen molar-refractivity contribution in [2.45, 2.75) is 58.5 Å². The van der Waals surface area contributed by atoms with Crippen molar-refractivity contribution in [2.24, 2.45) is 16.2 Å². The smallest absolute Gasteiger partial charge is 0.254 e. The number of hydrogen-bond donors (Lipinski definition) is 0. The van der Waals surface area contributed by atoms with Crippen LogP contribution in [0.3, 0.4) is 0 Å². The minimum atomic E-state index is -1.59. The third-order valence-electron chi connectivity index (χ3n) is 7.88. The lowest BCUT2D eigenvalue weighted by Crippen LogP contribution is -2.35. The normalized spacial score (nSPS) is 24.7. The summed E-state index contributed by atoms with van der Waals surface area (Å²) in [6, 6.07) is 11.6. The summed E-state index contributed by atoms with van der Waals surface area (Å²) in [7, 11) is 0.125. The number of ether oxygens (including phenoxy) is 2. The number of halogens is 1. The Hall–Kier alpha value is -2.35. The van der Waals surface area contributed by atoms with Gasteiger partial charge in [0, 0.05) is 36.3 Å². The van der Waals surface area contributed by atoms with Crippen LogP contribution in [-0.2, 0) is 31.6 Å². The molecule has 0 spiro atoms. The molecule has 0 bridgehead atoms. The minimum Gasteiger partial charge on any atom is -0.491 e. The Balaban J connectivity index is 1.73. The Morgan fingerprint density at radius 3 is 2.77 bits per heavy atom. The van der Waals surface area contributed by atoms with Gasteiger partial charge in [-0.2, -0.15) is 10.6 Å². The van der Waals surface area contributed by atoms with Crippen molar-refractivity contribution in [3.05, 3.63) is 70.3 Å². The van der Waals surface area contributed by atoms with Crippen LogP contribution in [0.15, 0.2) is 52.9 Å². The van der Waals surface area contributed by atoms with E-state index in [9.17, 15) is 9.00 Å². The number of carbonyl (C=O) groups is 1. The molecule has 4 rings (SSSR count). The van der Waals surface area contributed by atoms with Gasteiger partial charge in [0.1, 0.15) is 11.4 Å². The number of methoxy groups -OCH3 is 1. The van der Waals surface area contributed by atoms with Gasteiger partial charge in [-0.15, -0.1) is 0 Å². The molecule has 39 heavy (non-hydrogen) atoms. The lowest BCUT2D eigenvalue weighted by molar-refractivity contribution is -0.0171. The number of nitrogens with zero attached hydrogens (tertiary/aromatic N) is 2. The third-order valence-corrected chi connectivity index (χ3v) is 9.34. The van der Waals surface area contributed by atoms with Gasteiger partial charge in [0.05, 0.1) is 12.3 Å². The van der Waals surface area contributed by atoms with E-state index >= 15 is 0 Å².